The van der Waals surface area contributed by atoms with Crippen molar-refractivity contribution in [1.82, 2.24) is 15.2 Å². The van der Waals surface area contributed by atoms with Gasteiger partial charge in [0.25, 0.3) is 0 Å². The van der Waals surface area contributed by atoms with Gasteiger partial charge in [-0.3, -0.25) is 9.98 Å². The standard InChI is InChI=1S/C17H28N4/c1-4-19-17(21-11-5-6-14(2)13-21)20-10-8-16-7-9-18-12-15(16)3/h7,9,12,14H,4-6,8,10-11,13H2,1-3H3,(H,19,20). The second-order valence-electron chi connectivity index (χ2n) is 5.98. The van der Waals surface area contributed by atoms with Crippen LogP contribution in [0.3, 0.4) is 0 Å². The molecule has 0 aromatic carbocycles. The highest BCUT2D eigenvalue weighted by molar-refractivity contribution is 5.80. The first kappa shape index (κ1) is 15.8. The van der Waals surface area contributed by atoms with Crippen molar-refractivity contribution in [1.29, 1.82) is 0 Å². The highest BCUT2D eigenvalue weighted by Gasteiger charge is 2.18. The molecule has 1 atom stereocenters. The summed E-state index contributed by atoms with van der Waals surface area (Å²) in [5.74, 6) is 1.85. The van der Waals surface area contributed by atoms with Gasteiger partial charge in [0.15, 0.2) is 5.96 Å². The summed E-state index contributed by atoms with van der Waals surface area (Å²) >= 11 is 0. The first-order valence-corrected chi connectivity index (χ1v) is 8.13. The van der Waals surface area contributed by atoms with Gasteiger partial charge >= 0.3 is 0 Å². The Balaban J connectivity index is 1.96. The third-order valence-corrected chi connectivity index (χ3v) is 4.07. The summed E-state index contributed by atoms with van der Waals surface area (Å²) in [5, 5.41) is 3.44. The number of rotatable bonds is 4. The molecule has 0 saturated carbocycles. The van der Waals surface area contributed by atoms with Gasteiger partial charge in [-0.25, -0.2) is 0 Å². The van der Waals surface area contributed by atoms with Crippen LogP contribution in [-0.2, 0) is 6.42 Å². The molecule has 1 aliphatic heterocycles. The predicted molar refractivity (Wildman–Crippen MR) is 88.6 cm³/mol. The van der Waals surface area contributed by atoms with E-state index < -0.39 is 0 Å². The van der Waals surface area contributed by atoms with E-state index in [1.807, 2.05) is 12.4 Å². The van der Waals surface area contributed by atoms with Crippen LogP contribution in [0.5, 0.6) is 0 Å². The van der Waals surface area contributed by atoms with E-state index in [0.717, 1.165) is 44.5 Å². The number of nitrogens with zero attached hydrogens (tertiary/aromatic N) is 3. The Bertz CT molecular complexity index is 470. The maximum atomic E-state index is 4.82. The number of pyridine rings is 1. The summed E-state index contributed by atoms with van der Waals surface area (Å²) in [6, 6.07) is 2.10. The Hall–Kier alpha value is -1.58. The lowest BCUT2D eigenvalue weighted by molar-refractivity contribution is 0.266. The number of piperidine rings is 1. The molecule has 1 N–H and O–H groups in total. The minimum Gasteiger partial charge on any atom is -0.357 e. The molecule has 0 bridgehead atoms. The van der Waals surface area contributed by atoms with E-state index in [2.05, 4.69) is 42.0 Å². The zero-order chi connectivity index (χ0) is 15.1. The molecular formula is C17H28N4. The third-order valence-electron chi connectivity index (χ3n) is 4.07. The lowest BCUT2D eigenvalue weighted by Crippen LogP contribution is -2.46. The van der Waals surface area contributed by atoms with E-state index in [-0.39, 0.29) is 0 Å². The quantitative estimate of drug-likeness (QED) is 0.684. The smallest absolute Gasteiger partial charge is 0.193 e. The van der Waals surface area contributed by atoms with Gasteiger partial charge in [0.05, 0.1) is 0 Å². The maximum absolute atomic E-state index is 4.82. The molecule has 1 unspecified atom stereocenters. The van der Waals surface area contributed by atoms with E-state index in [1.54, 1.807) is 0 Å². The molecule has 1 saturated heterocycles. The second kappa shape index (κ2) is 8.01. The Morgan fingerprint density at radius 1 is 1.52 bits per heavy atom. The highest BCUT2D eigenvalue weighted by atomic mass is 15.3. The zero-order valence-corrected chi connectivity index (χ0v) is 13.6. The van der Waals surface area contributed by atoms with Gasteiger partial charge in [0, 0.05) is 38.6 Å². The fourth-order valence-corrected chi connectivity index (χ4v) is 2.87. The Kier molecular flexibility index (Phi) is 6.03. The largest absolute Gasteiger partial charge is 0.357 e. The fraction of sp³-hybridized carbons (Fsp3) is 0.647. The molecule has 2 rings (SSSR count). The first-order chi connectivity index (χ1) is 10.2. The number of guanidine groups is 1. The van der Waals surface area contributed by atoms with Crippen LogP contribution in [-0.4, -0.2) is 42.0 Å². The van der Waals surface area contributed by atoms with Crippen molar-refractivity contribution < 1.29 is 0 Å². The van der Waals surface area contributed by atoms with Gasteiger partial charge in [-0.1, -0.05) is 6.92 Å². The zero-order valence-electron chi connectivity index (χ0n) is 13.6. The van der Waals surface area contributed by atoms with E-state index in [9.17, 15) is 0 Å². The molecule has 2 heterocycles. The summed E-state index contributed by atoms with van der Waals surface area (Å²) in [5.41, 5.74) is 2.60. The van der Waals surface area contributed by atoms with E-state index in [0.29, 0.717) is 0 Å². The van der Waals surface area contributed by atoms with E-state index in [1.165, 1.54) is 24.0 Å². The van der Waals surface area contributed by atoms with Crippen molar-refractivity contribution in [3.8, 4) is 0 Å². The summed E-state index contributed by atoms with van der Waals surface area (Å²) in [4.78, 5) is 11.4. The van der Waals surface area contributed by atoms with Crippen molar-refractivity contribution in [2.75, 3.05) is 26.2 Å². The summed E-state index contributed by atoms with van der Waals surface area (Å²) in [7, 11) is 0. The van der Waals surface area contributed by atoms with Crippen molar-refractivity contribution in [2.24, 2.45) is 10.9 Å². The maximum Gasteiger partial charge on any atom is 0.193 e. The first-order valence-electron chi connectivity index (χ1n) is 8.13. The molecule has 4 nitrogen and oxygen atoms in total. The average molecular weight is 288 g/mol. The van der Waals surface area contributed by atoms with Gasteiger partial charge in [-0.15, -0.1) is 0 Å². The van der Waals surface area contributed by atoms with Crippen molar-refractivity contribution in [3.63, 3.8) is 0 Å². The average Bonchev–Trinajstić information content (AvgIpc) is 2.48. The fourth-order valence-electron chi connectivity index (χ4n) is 2.87. The van der Waals surface area contributed by atoms with Gasteiger partial charge in [-0.2, -0.15) is 0 Å². The SMILES string of the molecule is CCNC(=NCCc1ccncc1C)N1CCCC(C)C1. The summed E-state index contributed by atoms with van der Waals surface area (Å²) in [6.07, 6.45) is 7.38. The Labute approximate surface area is 128 Å². The van der Waals surface area contributed by atoms with E-state index in [4.69, 9.17) is 4.99 Å². The molecule has 0 amide bonds. The predicted octanol–water partition coefficient (Wildman–Crippen LogP) is 2.63. The minimum absolute atomic E-state index is 0.769. The second-order valence-corrected chi connectivity index (χ2v) is 5.98. The monoisotopic (exact) mass is 288 g/mol. The molecule has 0 spiro atoms. The minimum atomic E-state index is 0.769. The lowest BCUT2D eigenvalue weighted by atomic mass is 10.0. The van der Waals surface area contributed by atoms with Gasteiger partial charge in [0.1, 0.15) is 0 Å². The molecule has 0 radical (unpaired) electrons. The number of likely N-dealkylation sites (tertiary alicyclic amines) is 1. The van der Waals surface area contributed by atoms with Crippen molar-refractivity contribution >= 4 is 5.96 Å². The number of hydrogen-bond donors (Lipinski definition) is 1. The molecule has 1 aromatic heterocycles. The van der Waals surface area contributed by atoms with E-state index >= 15 is 0 Å². The number of aliphatic imine (C=N–C) groups is 1. The van der Waals surface area contributed by atoms with Crippen molar-refractivity contribution in [3.05, 3.63) is 29.6 Å². The van der Waals surface area contributed by atoms with Gasteiger partial charge < -0.3 is 10.2 Å². The Morgan fingerprint density at radius 2 is 2.38 bits per heavy atom. The normalized spacial score (nSPS) is 19.7. The molecule has 21 heavy (non-hydrogen) atoms. The van der Waals surface area contributed by atoms with Crippen molar-refractivity contribution in [2.45, 2.75) is 40.0 Å². The van der Waals surface area contributed by atoms with Crippen LogP contribution in [0.1, 0.15) is 37.8 Å². The summed E-state index contributed by atoms with van der Waals surface area (Å²) < 4.78 is 0. The van der Waals surface area contributed by atoms with Crippen LogP contribution < -0.4 is 5.32 Å². The van der Waals surface area contributed by atoms with Crippen LogP contribution >= 0.6 is 0 Å². The highest BCUT2D eigenvalue weighted by Crippen LogP contribution is 2.15. The number of aromatic nitrogens is 1. The molecule has 4 heteroatoms. The van der Waals surface area contributed by atoms with Crippen LogP contribution in [0, 0.1) is 12.8 Å². The topological polar surface area (TPSA) is 40.5 Å². The van der Waals surface area contributed by atoms with Gasteiger partial charge in [-0.05, 0) is 56.2 Å². The summed E-state index contributed by atoms with van der Waals surface area (Å²) in [6.45, 7) is 10.6. The van der Waals surface area contributed by atoms with Crippen LogP contribution in [0.25, 0.3) is 0 Å². The van der Waals surface area contributed by atoms with Crippen LogP contribution in [0.2, 0.25) is 0 Å². The van der Waals surface area contributed by atoms with Crippen LogP contribution in [0.4, 0.5) is 0 Å². The van der Waals surface area contributed by atoms with Crippen LogP contribution in [0.15, 0.2) is 23.5 Å². The molecule has 1 aliphatic rings. The molecular weight excluding hydrogens is 260 g/mol. The Morgan fingerprint density at radius 3 is 3.10 bits per heavy atom. The number of nitrogens with one attached hydrogen (secondary N) is 1. The number of aryl methyl sites for hydroxylation is 1. The van der Waals surface area contributed by atoms with Gasteiger partial charge in [0.2, 0.25) is 0 Å². The molecule has 0 aliphatic carbocycles. The molecule has 1 aromatic rings. The number of hydrogen-bond acceptors (Lipinski definition) is 2. The molecule has 116 valence electrons. The molecule has 1 fully saturated rings. The lowest BCUT2D eigenvalue weighted by Gasteiger charge is -2.33. The third kappa shape index (κ3) is 4.73.